The summed E-state index contributed by atoms with van der Waals surface area (Å²) in [7, 11) is 0. The number of hydrogen-bond donors (Lipinski definition) is 1. The van der Waals surface area contributed by atoms with Crippen LogP contribution in [-0.4, -0.2) is 11.1 Å². The molecule has 0 radical (unpaired) electrons. The fourth-order valence-electron chi connectivity index (χ4n) is 1.48. The van der Waals surface area contributed by atoms with Gasteiger partial charge in [0.25, 0.3) is 5.91 Å². The van der Waals surface area contributed by atoms with Gasteiger partial charge in [-0.2, -0.15) is 5.06 Å². The van der Waals surface area contributed by atoms with Crippen molar-refractivity contribution in [2.24, 2.45) is 0 Å². The highest BCUT2D eigenvalue weighted by Gasteiger charge is 2.32. The van der Waals surface area contributed by atoms with Gasteiger partial charge in [0.2, 0.25) is 0 Å². The van der Waals surface area contributed by atoms with E-state index in [9.17, 15) is 10.0 Å². The van der Waals surface area contributed by atoms with Crippen LogP contribution in [0.5, 0.6) is 0 Å². The van der Waals surface area contributed by atoms with Crippen LogP contribution < -0.4 is 5.06 Å². The molecule has 1 N–H and O–H groups in total. The van der Waals surface area contributed by atoms with Gasteiger partial charge in [-0.25, -0.2) is 0 Å². The van der Waals surface area contributed by atoms with Crippen molar-refractivity contribution in [3.63, 3.8) is 0 Å². The van der Waals surface area contributed by atoms with Crippen molar-refractivity contribution >= 4 is 11.6 Å². The Bertz CT molecular complexity index is 305. The van der Waals surface area contributed by atoms with Crippen LogP contribution in [0.15, 0.2) is 24.3 Å². The Balaban J connectivity index is 0.000000509. The molecule has 1 aliphatic rings. The van der Waals surface area contributed by atoms with Crippen LogP contribution in [0.2, 0.25) is 0 Å². The second-order valence-electron chi connectivity index (χ2n) is 2.93. The van der Waals surface area contributed by atoms with E-state index in [2.05, 4.69) is 0 Å². The predicted octanol–water partition coefficient (Wildman–Crippen LogP) is 3.58. The maximum Gasteiger partial charge on any atom is 0.258 e. The minimum atomic E-state index is -0.254. The number of hydrogen-bond acceptors (Lipinski definition) is 2. The van der Waals surface area contributed by atoms with E-state index in [0.29, 0.717) is 5.69 Å². The van der Waals surface area contributed by atoms with Gasteiger partial charge in [-0.1, -0.05) is 45.9 Å². The Morgan fingerprint density at radius 1 is 1.12 bits per heavy atom. The van der Waals surface area contributed by atoms with Crippen molar-refractivity contribution in [3.8, 4) is 0 Å². The first kappa shape index (κ1) is 14.6. The first-order chi connectivity index (χ1) is 7.72. The molecular formula is C13H21NO2. The van der Waals surface area contributed by atoms with Gasteiger partial charge in [-0.05, 0) is 18.6 Å². The Morgan fingerprint density at radius 3 is 2.12 bits per heavy atom. The van der Waals surface area contributed by atoms with E-state index in [4.69, 9.17) is 0 Å². The molecule has 0 fully saturated rings. The number of anilines is 1. The average Bonchev–Trinajstić information content (AvgIpc) is 2.60. The Kier molecular flexibility index (Phi) is 6.42. The van der Waals surface area contributed by atoms with E-state index in [1.807, 2.05) is 39.8 Å². The summed E-state index contributed by atoms with van der Waals surface area (Å²) in [6.45, 7) is 9.79. The van der Waals surface area contributed by atoms with E-state index < -0.39 is 0 Å². The van der Waals surface area contributed by atoms with E-state index in [1.54, 1.807) is 19.1 Å². The highest BCUT2D eigenvalue weighted by Crippen LogP contribution is 2.34. The van der Waals surface area contributed by atoms with Crippen LogP contribution in [0.3, 0.4) is 0 Å². The third kappa shape index (κ3) is 2.61. The average molecular weight is 223 g/mol. The molecule has 16 heavy (non-hydrogen) atoms. The molecular weight excluding hydrogens is 202 g/mol. The van der Waals surface area contributed by atoms with Crippen molar-refractivity contribution in [1.29, 1.82) is 0 Å². The Morgan fingerprint density at radius 2 is 1.62 bits per heavy atom. The number of nitrogens with zero attached hydrogens (tertiary/aromatic N) is 1. The lowest BCUT2D eigenvalue weighted by molar-refractivity contribution is -0.123. The molecule has 90 valence electrons. The number of carbonyl (C=O) groups is 1. The Labute approximate surface area is 97.7 Å². The summed E-state index contributed by atoms with van der Waals surface area (Å²) in [5.74, 6) is -0.470. The fraction of sp³-hybridized carbons (Fsp3) is 0.462. The van der Waals surface area contributed by atoms with Gasteiger partial charge in [0.15, 0.2) is 0 Å². The molecule has 1 aromatic carbocycles. The van der Waals surface area contributed by atoms with Gasteiger partial charge >= 0.3 is 0 Å². The minimum Gasteiger partial charge on any atom is -0.281 e. The second kappa shape index (κ2) is 7.01. The van der Waals surface area contributed by atoms with Crippen LogP contribution in [0.25, 0.3) is 0 Å². The molecule has 0 saturated carbocycles. The molecule has 3 nitrogen and oxygen atoms in total. The van der Waals surface area contributed by atoms with Gasteiger partial charge in [0.1, 0.15) is 0 Å². The molecule has 0 spiro atoms. The molecule has 3 heteroatoms. The van der Waals surface area contributed by atoms with Crippen LogP contribution in [0.4, 0.5) is 5.69 Å². The summed E-state index contributed by atoms with van der Waals surface area (Å²) < 4.78 is 0. The minimum absolute atomic E-state index is 0.216. The van der Waals surface area contributed by atoms with E-state index in [1.165, 1.54) is 0 Å². The molecule has 0 aliphatic carbocycles. The van der Waals surface area contributed by atoms with Gasteiger partial charge in [0.05, 0.1) is 11.6 Å². The van der Waals surface area contributed by atoms with Crippen LogP contribution in [0, 0.1) is 0 Å². The van der Waals surface area contributed by atoms with Crippen molar-refractivity contribution < 1.29 is 10.0 Å². The number of rotatable bonds is 0. The summed E-state index contributed by atoms with van der Waals surface area (Å²) in [4.78, 5) is 11.2. The topological polar surface area (TPSA) is 40.5 Å². The lowest BCUT2D eigenvalue weighted by atomic mass is 10.0. The van der Waals surface area contributed by atoms with Gasteiger partial charge < -0.3 is 0 Å². The number of hydroxylamine groups is 1. The van der Waals surface area contributed by atoms with Gasteiger partial charge in [-0.15, -0.1) is 0 Å². The highest BCUT2D eigenvalue weighted by molar-refractivity contribution is 6.02. The van der Waals surface area contributed by atoms with Crippen molar-refractivity contribution in [2.45, 2.75) is 40.5 Å². The largest absolute Gasteiger partial charge is 0.281 e. The summed E-state index contributed by atoms with van der Waals surface area (Å²) in [5, 5.41) is 10.0. The monoisotopic (exact) mass is 223 g/mol. The molecule has 0 aromatic heterocycles. The SMILES string of the molecule is CC.CC.CC1C(=O)N(O)c2ccccc21. The summed E-state index contributed by atoms with van der Waals surface area (Å²) >= 11 is 0. The van der Waals surface area contributed by atoms with E-state index in [-0.39, 0.29) is 11.8 Å². The number of benzene rings is 1. The highest BCUT2D eigenvalue weighted by atomic mass is 16.5. The molecule has 0 bridgehead atoms. The molecule has 1 aliphatic heterocycles. The fourth-order valence-corrected chi connectivity index (χ4v) is 1.48. The van der Waals surface area contributed by atoms with Gasteiger partial charge in [0, 0.05) is 0 Å². The summed E-state index contributed by atoms with van der Waals surface area (Å²) in [6, 6.07) is 7.25. The van der Waals surface area contributed by atoms with E-state index >= 15 is 0 Å². The number of fused-ring (bicyclic) bond motifs is 1. The number of para-hydroxylation sites is 1. The standard InChI is InChI=1S/C9H9NO2.2C2H6/c1-6-7-4-2-3-5-8(7)10(12)9(6)11;2*1-2/h2-6,12H,1H3;2*1-2H3. The first-order valence-corrected chi connectivity index (χ1v) is 5.83. The van der Waals surface area contributed by atoms with Crippen molar-refractivity contribution in [2.75, 3.05) is 5.06 Å². The van der Waals surface area contributed by atoms with Crippen molar-refractivity contribution in [3.05, 3.63) is 29.8 Å². The summed E-state index contributed by atoms with van der Waals surface area (Å²) in [5.41, 5.74) is 1.50. The smallest absolute Gasteiger partial charge is 0.258 e. The molecule has 1 heterocycles. The number of amides is 1. The van der Waals surface area contributed by atoms with E-state index in [0.717, 1.165) is 10.6 Å². The molecule has 1 amide bonds. The lowest BCUT2D eigenvalue weighted by Gasteiger charge is -2.05. The molecule has 1 unspecified atom stereocenters. The molecule has 1 aromatic rings. The zero-order valence-electron chi connectivity index (χ0n) is 10.7. The zero-order valence-corrected chi connectivity index (χ0v) is 10.7. The maximum atomic E-state index is 11.2. The third-order valence-corrected chi connectivity index (χ3v) is 2.21. The maximum absolute atomic E-state index is 11.2. The van der Waals surface area contributed by atoms with Crippen LogP contribution in [-0.2, 0) is 4.79 Å². The quantitative estimate of drug-likeness (QED) is 0.683. The Hall–Kier alpha value is -1.35. The lowest BCUT2D eigenvalue weighted by Crippen LogP contribution is -2.23. The molecule has 2 rings (SSSR count). The molecule has 0 saturated heterocycles. The molecule has 1 atom stereocenters. The summed E-state index contributed by atoms with van der Waals surface area (Å²) in [6.07, 6.45) is 0. The third-order valence-electron chi connectivity index (χ3n) is 2.21. The second-order valence-corrected chi connectivity index (χ2v) is 2.93. The van der Waals surface area contributed by atoms with Crippen LogP contribution in [0.1, 0.15) is 46.1 Å². The normalized spacial score (nSPS) is 16.8. The first-order valence-electron chi connectivity index (χ1n) is 5.83. The number of carbonyl (C=O) groups excluding carboxylic acids is 1. The zero-order chi connectivity index (χ0) is 12.7. The van der Waals surface area contributed by atoms with Crippen LogP contribution >= 0.6 is 0 Å². The van der Waals surface area contributed by atoms with Gasteiger partial charge in [-0.3, -0.25) is 10.0 Å². The van der Waals surface area contributed by atoms with Crippen molar-refractivity contribution in [1.82, 2.24) is 0 Å². The predicted molar refractivity (Wildman–Crippen MR) is 66.8 cm³/mol.